The predicted molar refractivity (Wildman–Crippen MR) is 92.1 cm³/mol. The zero-order valence-electron chi connectivity index (χ0n) is 13.2. The summed E-state index contributed by atoms with van der Waals surface area (Å²) in [7, 11) is 0. The maximum Gasteiger partial charge on any atom is 0.268 e. The Morgan fingerprint density at radius 1 is 1.30 bits per heavy atom. The van der Waals surface area contributed by atoms with E-state index < -0.39 is 0 Å². The molecule has 0 aliphatic rings. The quantitative estimate of drug-likeness (QED) is 0.754. The molecule has 0 aliphatic carbocycles. The van der Waals surface area contributed by atoms with E-state index in [0.717, 1.165) is 28.8 Å². The fraction of sp³-hybridized carbons (Fsp3) is 0.278. The fourth-order valence-electron chi connectivity index (χ4n) is 2.65. The van der Waals surface area contributed by atoms with E-state index in [4.69, 9.17) is 16.0 Å². The Kier molecular flexibility index (Phi) is 4.44. The molecule has 5 heteroatoms. The normalized spacial score (nSPS) is 11.1. The van der Waals surface area contributed by atoms with Gasteiger partial charge in [0.25, 0.3) is 5.91 Å². The summed E-state index contributed by atoms with van der Waals surface area (Å²) >= 11 is 6.28. The summed E-state index contributed by atoms with van der Waals surface area (Å²) in [5, 5.41) is 3.61. The number of carbonyl (C=O) groups excluding carboxylic acids is 1. The molecular formula is C18H19ClN2O2. The molecule has 0 atom stereocenters. The van der Waals surface area contributed by atoms with Gasteiger partial charge >= 0.3 is 0 Å². The van der Waals surface area contributed by atoms with Gasteiger partial charge in [0.2, 0.25) is 0 Å². The van der Waals surface area contributed by atoms with E-state index in [1.165, 1.54) is 0 Å². The molecule has 0 unspecified atom stereocenters. The van der Waals surface area contributed by atoms with E-state index >= 15 is 0 Å². The highest BCUT2D eigenvalue weighted by Crippen LogP contribution is 2.26. The van der Waals surface area contributed by atoms with E-state index in [1.54, 1.807) is 6.07 Å². The summed E-state index contributed by atoms with van der Waals surface area (Å²) in [5.41, 5.74) is 3.18. The van der Waals surface area contributed by atoms with E-state index in [1.807, 2.05) is 48.7 Å². The van der Waals surface area contributed by atoms with E-state index in [9.17, 15) is 4.79 Å². The molecule has 0 bridgehead atoms. The van der Waals surface area contributed by atoms with Gasteiger partial charge in [-0.1, -0.05) is 36.7 Å². The molecule has 1 aromatic carbocycles. The van der Waals surface area contributed by atoms with Gasteiger partial charge in [-0.15, -0.1) is 0 Å². The van der Waals surface area contributed by atoms with Gasteiger partial charge in [-0.25, -0.2) is 0 Å². The third kappa shape index (κ3) is 3.13. The van der Waals surface area contributed by atoms with Crippen LogP contribution in [0.3, 0.4) is 0 Å². The highest BCUT2D eigenvalue weighted by molar-refractivity contribution is 6.31. The maximum absolute atomic E-state index is 12.4. The zero-order valence-corrected chi connectivity index (χ0v) is 14.0. The van der Waals surface area contributed by atoms with Crippen LogP contribution in [0, 0.1) is 6.92 Å². The van der Waals surface area contributed by atoms with Crippen molar-refractivity contribution < 1.29 is 9.21 Å². The van der Waals surface area contributed by atoms with Gasteiger partial charge in [-0.3, -0.25) is 4.79 Å². The highest BCUT2D eigenvalue weighted by atomic mass is 35.5. The second kappa shape index (κ2) is 6.50. The van der Waals surface area contributed by atoms with Gasteiger partial charge < -0.3 is 14.3 Å². The van der Waals surface area contributed by atoms with Crippen molar-refractivity contribution in [3.8, 4) is 0 Å². The summed E-state index contributed by atoms with van der Waals surface area (Å²) in [4.78, 5) is 12.4. The first kappa shape index (κ1) is 15.7. The number of carbonyl (C=O) groups is 1. The largest absolute Gasteiger partial charge is 0.460 e. The van der Waals surface area contributed by atoms with Crippen molar-refractivity contribution in [2.24, 2.45) is 0 Å². The van der Waals surface area contributed by atoms with Crippen LogP contribution in [0.1, 0.15) is 35.2 Å². The summed E-state index contributed by atoms with van der Waals surface area (Å²) in [6.07, 6.45) is 0.895. The molecule has 0 saturated heterocycles. The van der Waals surface area contributed by atoms with Gasteiger partial charge in [0.15, 0.2) is 5.58 Å². The lowest BCUT2D eigenvalue weighted by Gasteiger charge is -2.11. The van der Waals surface area contributed by atoms with Crippen LogP contribution in [0.25, 0.3) is 11.1 Å². The van der Waals surface area contributed by atoms with E-state index in [0.29, 0.717) is 23.8 Å². The lowest BCUT2D eigenvalue weighted by Crippen LogP contribution is -2.26. The molecule has 1 N–H and O–H groups in total. The number of hydrogen-bond donors (Lipinski definition) is 1. The molecule has 2 aromatic heterocycles. The van der Waals surface area contributed by atoms with Crippen LogP contribution in [0.15, 0.2) is 40.8 Å². The highest BCUT2D eigenvalue weighted by Gasteiger charge is 2.18. The SMILES string of the molecule is CCCNC(=O)c1cc2oc(C)cc2n1Cc1ccccc1Cl. The Hall–Kier alpha value is -2.20. The molecule has 0 spiro atoms. The van der Waals surface area contributed by atoms with Crippen molar-refractivity contribution in [3.63, 3.8) is 0 Å². The van der Waals surface area contributed by atoms with Crippen LogP contribution in [0.2, 0.25) is 5.02 Å². The van der Waals surface area contributed by atoms with Crippen molar-refractivity contribution in [3.05, 3.63) is 58.4 Å². The first-order valence-electron chi connectivity index (χ1n) is 7.71. The standard InChI is InChI=1S/C18H19ClN2O2/c1-3-8-20-18(22)16-10-17-15(9-12(2)23-17)21(16)11-13-6-4-5-7-14(13)19/h4-7,9-10H,3,8,11H2,1-2H3,(H,20,22). The molecule has 0 saturated carbocycles. The van der Waals surface area contributed by atoms with E-state index in [-0.39, 0.29) is 5.91 Å². The first-order chi connectivity index (χ1) is 11.1. The smallest absolute Gasteiger partial charge is 0.268 e. The van der Waals surface area contributed by atoms with Crippen LogP contribution < -0.4 is 5.32 Å². The predicted octanol–water partition coefficient (Wildman–Crippen LogP) is 4.38. The van der Waals surface area contributed by atoms with Crippen LogP contribution >= 0.6 is 11.6 Å². The lowest BCUT2D eigenvalue weighted by atomic mass is 10.2. The Bertz CT molecular complexity index is 848. The number of benzene rings is 1. The van der Waals surface area contributed by atoms with Gasteiger partial charge in [-0.05, 0) is 25.0 Å². The minimum absolute atomic E-state index is 0.0945. The number of hydrogen-bond acceptors (Lipinski definition) is 2. The van der Waals surface area contributed by atoms with Crippen molar-refractivity contribution in [1.82, 2.24) is 9.88 Å². The van der Waals surface area contributed by atoms with Crippen LogP contribution in [-0.2, 0) is 6.54 Å². The number of amides is 1. The number of aromatic nitrogens is 1. The number of fused-ring (bicyclic) bond motifs is 1. The molecule has 120 valence electrons. The number of rotatable bonds is 5. The summed E-state index contributed by atoms with van der Waals surface area (Å²) in [6.45, 7) is 5.10. The molecule has 0 radical (unpaired) electrons. The third-order valence-electron chi connectivity index (χ3n) is 3.77. The molecule has 0 fully saturated rings. The Morgan fingerprint density at radius 3 is 2.83 bits per heavy atom. The lowest BCUT2D eigenvalue weighted by molar-refractivity contribution is 0.0945. The van der Waals surface area contributed by atoms with Gasteiger partial charge in [-0.2, -0.15) is 0 Å². The van der Waals surface area contributed by atoms with Gasteiger partial charge in [0, 0.05) is 30.2 Å². The average Bonchev–Trinajstić information content (AvgIpc) is 3.04. The molecule has 2 heterocycles. The minimum Gasteiger partial charge on any atom is -0.460 e. The Balaban J connectivity index is 2.04. The number of nitrogens with zero attached hydrogens (tertiary/aromatic N) is 1. The Morgan fingerprint density at radius 2 is 2.09 bits per heavy atom. The Labute approximate surface area is 140 Å². The number of nitrogens with one attached hydrogen (secondary N) is 1. The molecule has 4 nitrogen and oxygen atoms in total. The minimum atomic E-state index is -0.0945. The molecule has 0 aliphatic heterocycles. The third-order valence-corrected chi connectivity index (χ3v) is 4.14. The van der Waals surface area contributed by atoms with Crippen molar-refractivity contribution in [1.29, 1.82) is 0 Å². The average molecular weight is 331 g/mol. The second-order valence-corrected chi connectivity index (χ2v) is 5.98. The molecule has 23 heavy (non-hydrogen) atoms. The summed E-state index contributed by atoms with van der Waals surface area (Å²) in [5.74, 6) is 0.728. The maximum atomic E-state index is 12.4. The second-order valence-electron chi connectivity index (χ2n) is 5.57. The number of aryl methyl sites for hydroxylation is 1. The van der Waals surface area contributed by atoms with Crippen LogP contribution in [0.5, 0.6) is 0 Å². The molecule has 3 rings (SSSR count). The van der Waals surface area contributed by atoms with Crippen molar-refractivity contribution in [2.75, 3.05) is 6.54 Å². The number of halogens is 1. The van der Waals surface area contributed by atoms with Crippen LogP contribution in [0.4, 0.5) is 0 Å². The molecule has 1 amide bonds. The zero-order chi connectivity index (χ0) is 16.4. The van der Waals surface area contributed by atoms with Gasteiger partial charge in [0.1, 0.15) is 11.5 Å². The topological polar surface area (TPSA) is 47.2 Å². The van der Waals surface area contributed by atoms with Gasteiger partial charge in [0.05, 0.1) is 5.52 Å². The number of furan rings is 1. The fourth-order valence-corrected chi connectivity index (χ4v) is 2.85. The molecule has 3 aromatic rings. The van der Waals surface area contributed by atoms with E-state index in [2.05, 4.69) is 5.32 Å². The van der Waals surface area contributed by atoms with Crippen LogP contribution in [-0.4, -0.2) is 17.0 Å². The summed E-state index contributed by atoms with van der Waals surface area (Å²) < 4.78 is 7.63. The summed E-state index contributed by atoms with van der Waals surface area (Å²) in [6, 6.07) is 11.4. The monoisotopic (exact) mass is 330 g/mol. The first-order valence-corrected chi connectivity index (χ1v) is 8.09. The van der Waals surface area contributed by atoms with Crippen molar-refractivity contribution >= 4 is 28.6 Å². The molecular weight excluding hydrogens is 312 g/mol. The van der Waals surface area contributed by atoms with Crippen molar-refractivity contribution in [2.45, 2.75) is 26.8 Å².